The van der Waals surface area contributed by atoms with Gasteiger partial charge in [0.2, 0.25) is 5.91 Å². The van der Waals surface area contributed by atoms with Crippen molar-refractivity contribution in [2.75, 3.05) is 18.1 Å². The quantitative estimate of drug-likeness (QED) is 0.831. The molecule has 1 aliphatic rings. The zero-order chi connectivity index (χ0) is 13.9. The predicted octanol–water partition coefficient (Wildman–Crippen LogP) is 3.59. The Morgan fingerprint density at radius 1 is 1.00 bits per heavy atom. The molecule has 1 amide bonds. The Labute approximate surface area is 119 Å². The smallest absolute Gasteiger partial charge is 0.238 e. The van der Waals surface area contributed by atoms with Crippen molar-refractivity contribution in [1.82, 2.24) is 5.01 Å². The highest BCUT2D eigenvalue weighted by molar-refractivity contribution is 6.02. The first-order valence-electron chi connectivity index (χ1n) is 7.31. The van der Waals surface area contributed by atoms with Gasteiger partial charge in [-0.05, 0) is 24.3 Å². The molecule has 0 atom stereocenters. The molecule has 2 aromatic rings. The van der Waals surface area contributed by atoms with Crippen LogP contribution in [0.1, 0.15) is 26.2 Å². The van der Waals surface area contributed by atoms with E-state index in [1.54, 1.807) is 6.92 Å². The summed E-state index contributed by atoms with van der Waals surface area (Å²) >= 11 is 0. The molecule has 0 spiro atoms. The molecule has 1 aliphatic heterocycles. The molecule has 0 bridgehead atoms. The number of benzene rings is 2. The zero-order valence-corrected chi connectivity index (χ0v) is 11.9. The van der Waals surface area contributed by atoms with E-state index in [-0.39, 0.29) is 5.91 Å². The summed E-state index contributed by atoms with van der Waals surface area (Å²) in [6.45, 7) is 3.57. The topological polar surface area (TPSA) is 23.6 Å². The molecule has 0 unspecified atom stereocenters. The Morgan fingerprint density at radius 3 is 2.45 bits per heavy atom. The molecule has 104 valence electrons. The van der Waals surface area contributed by atoms with E-state index >= 15 is 0 Å². The number of fused-ring (bicyclic) bond motifs is 1. The molecular weight excluding hydrogens is 248 g/mol. The second kappa shape index (κ2) is 5.63. The average molecular weight is 268 g/mol. The molecule has 3 heteroatoms. The maximum atomic E-state index is 12.2. The second-order valence-corrected chi connectivity index (χ2v) is 5.34. The zero-order valence-electron chi connectivity index (χ0n) is 11.9. The fourth-order valence-corrected chi connectivity index (χ4v) is 2.99. The number of hydrazine groups is 1. The van der Waals surface area contributed by atoms with E-state index in [1.807, 2.05) is 29.3 Å². The minimum atomic E-state index is 0.0863. The van der Waals surface area contributed by atoms with Crippen molar-refractivity contribution in [3.05, 3.63) is 42.5 Å². The summed E-state index contributed by atoms with van der Waals surface area (Å²) in [5.74, 6) is 0.0863. The van der Waals surface area contributed by atoms with Gasteiger partial charge in [0, 0.05) is 25.4 Å². The van der Waals surface area contributed by atoms with Gasteiger partial charge in [0.1, 0.15) is 0 Å². The Bertz CT molecular complexity index is 612. The number of piperidine rings is 1. The highest BCUT2D eigenvalue weighted by Gasteiger charge is 2.23. The van der Waals surface area contributed by atoms with Crippen LogP contribution in [0.3, 0.4) is 0 Å². The summed E-state index contributed by atoms with van der Waals surface area (Å²) in [6, 6.07) is 14.4. The van der Waals surface area contributed by atoms with Crippen LogP contribution < -0.4 is 5.01 Å². The Kier molecular flexibility index (Phi) is 3.70. The second-order valence-electron chi connectivity index (χ2n) is 5.34. The van der Waals surface area contributed by atoms with Crippen molar-refractivity contribution < 1.29 is 4.79 Å². The first kappa shape index (κ1) is 13.1. The molecule has 0 radical (unpaired) electrons. The molecule has 0 aliphatic carbocycles. The van der Waals surface area contributed by atoms with Gasteiger partial charge < -0.3 is 0 Å². The third-order valence-electron chi connectivity index (χ3n) is 3.91. The molecule has 2 aromatic carbocycles. The normalized spacial score (nSPS) is 16.2. The van der Waals surface area contributed by atoms with Crippen molar-refractivity contribution in [3.8, 4) is 0 Å². The van der Waals surface area contributed by atoms with E-state index in [0.717, 1.165) is 37.0 Å². The summed E-state index contributed by atoms with van der Waals surface area (Å²) in [5, 5.41) is 6.36. The van der Waals surface area contributed by atoms with E-state index < -0.39 is 0 Å². The minimum Gasteiger partial charge on any atom is -0.273 e. The van der Waals surface area contributed by atoms with Gasteiger partial charge in [0.25, 0.3) is 0 Å². The molecule has 0 saturated carbocycles. The van der Waals surface area contributed by atoms with Gasteiger partial charge in [-0.25, -0.2) is 10.0 Å². The number of carbonyl (C=O) groups is 1. The van der Waals surface area contributed by atoms with Crippen LogP contribution in [0.4, 0.5) is 5.69 Å². The van der Waals surface area contributed by atoms with Crippen molar-refractivity contribution in [3.63, 3.8) is 0 Å². The van der Waals surface area contributed by atoms with Crippen LogP contribution in [-0.4, -0.2) is 24.0 Å². The fourth-order valence-electron chi connectivity index (χ4n) is 2.99. The molecule has 20 heavy (non-hydrogen) atoms. The number of rotatable bonds is 2. The maximum Gasteiger partial charge on any atom is 0.238 e. The predicted molar refractivity (Wildman–Crippen MR) is 82.5 cm³/mol. The Hall–Kier alpha value is -1.87. The summed E-state index contributed by atoms with van der Waals surface area (Å²) in [5.41, 5.74) is 0.998. The molecule has 0 N–H and O–H groups in total. The third kappa shape index (κ3) is 2.41. The third-order valence-corrected chi connectivity index (χ3v) is 3.91. The van der Waals surface area contributed by atoms with Crippen LogP contribution >= 0.6 is 0 Å². The van der Waals surface area contributed by atoms with Crippen molar-refractivity contribution in [2.45, 2.75) is 26.2 Å². The van der Waals surface area contributed by atoms with Crippen LogP contribution in [0.2, 0.25) is 0 Å². The van der Waals surface area contributed by atoms with Crippen LogP contribution in [0.25, 0.3) is 10.8 Å². The van der Waals surface area contributed by atoms with Gasteiger partial charge in [0.15, 0.2) is 0 Å². The summed E-state index contributed by atoms with van der Waals surface area (Å²) in [6.07, 6.45) is 3.58. The van der Waals surface area contributed by atoms with E-state index in [0.29, 0.717) is 0 Å². The van der Waals surface area contributed by atoms with Crippen LogP contribution in [0.15, 0.2) is 42.5 Å². The SMILES string of the molecule is CC(=O)N(c1cccc2ccccc12)N1CCCCC1. The van der Waals surface area contributed by atoms with Gasteiger partial charge in [-0.1, -0.05) is 42.8 Å². The highest BCUT2D eigenvalue weighted by atomic mass is 16.2. The molecule has 0 aromatic heterocycles. The lowest BCUT2D eigenvalue weighted by Crippen LogP contribution is -2.48. The van der Waals surface area contributed by atoms with Gasteiger partial charge in [0.05, 0.1) is 5.69 Å². The molecule has 1 saturated heterocycles. The van der Waals surface area contributed by atoms with Crippen molar-refractivity contribution >= 4 is 22.4 Å². The average Bonchev–Trinajstić information content (AvgIpc) is 2.48. The summed E-state index contributed by atoms with van der Waals surface area (Å²) < 4.78 is 0. The lowest BCUT2D eigenvalue weighted by atomic mass is 10.1. The van der Waals surface area contributed by atoms with Crippen LogP contribution in [-0.2, 0) is 4.79 Å². The number of hydrogen-bond donors (Lipinski definition) is 0. The molecular formula is C17H20N2O. The Balaban J connectivity index is 2.07. The lowest BCUT2D eigenvalue weighted by molar-refractivity contribution is -0.119. The molecule has 1 heterocycles. The first-order valence-corrected chi connectivity index (χ1v) is 7.31. The lowest BCUT2D eigenvalue weighted by Gasteiger charge is -2.37. The summed E-state index contributed by atoms with van der Waals surface area (Å²) in [4.78, 5) is 12.2. The number of anilines is 1. The Morgan fingerprint density at radius 2 is 1.70 bits per heavy atom. The van der Waals surface area contributed by atoms with Crippen molar-refractivity contribution in [1.29, 1.82) is 0 Å². The largest absolute Gasteiger partial charge is 0.273 e. The number of carbonyl (C=O) groups excluding carboxylic acids is 1. The number of nitrogens with zero attached hydrogens (tertiary/aromatic N) is 2. The van der Waals surface area contributed by atoms with Gasteiger partial charge in [-0.2, -0.15) is 0 Å². The highest BCUT2D eigenvalue weighted by Crippen LogP contribution is 2.29. The van der Waals surface area contributed by atoms with E-state index in [9.17, 15) is 4.79 Å². The van der Waals surface area contributed by atoms with Crippen LogP contribution in [0.5, 0.6) is 0 Å². The van der Waals surface area contributed by atoms with Gasteiger partial charge in [-0.3, -0.25) is 4.79 Å². The van der Waals surface area contributed by atoms with E-state index in [1.165, 1.54) is 11.8 Å². The molecule has 1 fully saturated rings. The number of amides is 1. The molecule has 3 nitrogen and oxygen atoms in total. The van der Waals surface area contributed by atoms with Gasteiger partial charge in [-0.15, -0.1) is 0 Å². The summed E-state index contributed by atoms with van der Waals surface area (Å²) in [7, 11) is 0. The van der Waals surface area contributed by atoms with Crippen molar-refractivity contribution in [2.24, 2.45) is 0 Å². The minimum absolute atomic E-state index is 0.0863. The first-order chi connectivity index (χ1) is 9.77. The monoisotopic (exact) mass is 268 g/mol. The maximum absolute atomic E-state index is 12.2. The van der Waals surface area contributed by atoms with E-state index in [2.05, 4.69) is 23.2 Å². The van der Waals surface area contributed by atoms with E-state index in [4.69, 9.17) is 0 Å². The standard InChI is InChI=1S/C17H20N2O/c1-14(20)19(18-12-5-2-6-13-18)17-11-7-9-15-8-3-4-10-16(15)17/h3-4,7-11H,2,5-6,12-13H2,1H3. The van der Waals surface area contributed by atoms with Crippen LogP contribution in [0, 0.1) is 0 Å². The number of hydrogen-bond acceptors (Lipinski definition) is 2. The molecule has 3 rings (SSSR count). The fraction of sp³-hybridized carbons (Fsp3) is 0.353. The van der Waals surface area contributed by atoms with Gasteiger partial charge >= 0.3 is 0 Å².